The highest BCUT2D eigenvalue weighted by molar-refractivity contribution is 9.10. The van der Waals surface area contributed by atoms with E-state index in [1.165, 1.54) is 12.8 Å². The molecule has 0 bridgehead atoms. The molecule has 0 amide bonds. The highest BCUT2D eigenvalue weighted by Gasteiger charge is 2.20. The molecule has 0 radical (unpaired) electrons. The Labute approximate surface area is 129 Å². The van der Waals surface area contributed by atoms with Crippen LogP contribution in [0.4, 0.5) is 0 Å². The van der Waals surface area contributed by atoms with E-state index in [1.54, 1.807) is 0 Å². The standard InChI is InChI=1S/C14H21BrN2O2S/c1-11(12-3-5-13(15)6-4-12)17-20(18,19)10-2-9-16-14-7-8-14/h3-6,11,14,16-17H,2,7-10H2,1H3. The largest absolute Gasteiger partial charge is 0.314 e. The number of nitrogens with one attached hydrogen (secondary N) is 2. The molecule has 20 heavy (non-hydrogen) atoms. The minimum atomic E-state index is -3.22. The Morgan fingerprint density at radius 1 is 1.30 bits per heavy atom. The van der Waals surface area contributed by atoms with E-state index in [4.69, 9.17) is 0 Å². The molecule has 1 aromatic carbocycles. The first-order valence-electron chi connectivity index (χ1n) is 6.95. The van der Waals surface area contributed by atoms with Gasteiger partial charge in [-0.25, -0.2) is 13.1 Å². The van der Waals surface area contributed by atoms with Crippen LogP contribution in [0.5, 0.6) is 0 Å². The number of halogens is 1. The van der Waals surface area contributed by atoms with Gasteiger partial charge in [0.05, 0.1) is 5.75 Å². The van der Waals surface area contributed by atoms with Crippen LogP contribution >= 0.6 is 15.9 Å². The van der Waals surface area contributed by atoms with Crippen LogP contribution in [0, 0.1) is 0 Å². The van der Waals surface area contributed by atoms with Crippen molar-refractivity contribution in [1.82, 2.24) is 10.0 Å². The van der Waals surface area contributed by atoms with Crippen LogP contribution < -0.4 is 10.0 Å². The summed E-state index contributed by atoms with van der Waals surface area (Å²) in [6.45, 7) is 2.64. The Balaban J connectivity index is 1.78. The Hall–Kier alpha value is -0.430. The third-order valence-electron chi connectivity index (χ3n) is 3.33. The third-order valence-corrected chi connectivity index (χ3v) is 5.39. The molecule has 1 saturated carbocycles. The maximum Gasteiger partial charge on any atom is 0.212 e. The van der Waals surface area contributed by atoms with Gasteiger partial charge in [-0.05, 0) is 50.4 Å². The van der Waals surface area contributed by atoms with Gasteiger partial charge in [0, 0.05) is 16.6 Å². The van der Waals surface area contributed by atoms with E-state index in [-0.39, 0.29) is 11.8 Å². The van der Waals surface area contributed by atoms with Gasteiger partial charge in [0.25, 0.3) is 0 Å². The molecule has 0 saturated heterocycles. The lowest BCUT2D eigenvalue weighted by Crippen LogP contribution is -2.30. The monoisotopic (exact) mass is 360 g/mol. The molecule has 6 heteroatoms. The minimum absolute atomic E-state index is 0.174. The second-order valence-electron chi connectivity index (χ2n) is 5.29. The predicted octanol–water partition coefficient (Wildman–Crippen LogP) is 2.57. The zero-order chi connectivity index (χ0) is 14.6. The summed E-state index contributed by atoms with van der Waals surface area (Å²) in [6, 6.07) is 8.11. The van der Waals surface area contributed by atoms with Crippen molar-refractivity contribution in [3.63, 3.8) is 0 Å². The van der Waals surface area contributed by atoms with E-state index in [0.717, 1.165) is 16.6 Å². The van der Waals surface area contributed by atoms with Crippen LogP contribution in [0.25, 0.3) is 0 Å². The van der Waals surface area contributed by atoms with Gasteiger partial charge in [-0.2, -0.15) is 0 Å². The van der Waals surface area contributed by atoms with Crippen molar-refractivity contribution in [3.05, 3.63) is 34.3 Å². The molecule has 0 heterocycles. The van der Waals surface area contributed by atoms with Gasteiger partial charge < -0.3 is 5.32 Å². The number of hydrogen-bond acceptors (Lipinski definition) is 3. The molecular formula is C14H21BrN2O2S. The van der Waals surface area contributed by atoms with Crippen LogP contribution in [-0.2, 0) is 10.0 Å². The summed E-state index contributed by atoms with van der Waals surface area (Å²) in [6.07, 6.45) is 3.11. The fourth-order valence-corrected chi connectivity index (χ4v) is 3.58. The first-order valence-corrected chi connectivity index (χ1v) is 9.40. The quantitative estimate of drug-likeness (QED) is 0.700. The van der Waals surface area contributed by atoms with Crippen LogP contribution in [0.3, 0.4) is 0 Å². The van der Waals surface area contributed by atoms with Gasteiger partial charge in [-0.1, -0.05) is 28.1 Å². The summed E-state index contributed by atoms with van der Waals surface area (Å²) < 4.78 is 27.7. The fraction of sp³-hybridized carbons (Fsp3) is 0.571. The number of benzene rings is 1. The molecule has 1 aliphatic carbocycles. The summed E-state index contributed by atoms with van der Waals surface area (Å²) in [5.74, 6) is 0.174. The van der Waals surface area contributed by atoms with Crippen molar-refractivity contribution in [2.75, 3.05) is 12.3 Å². The molecule has 0 aromatic heterocycles. The molecule has 0 spiro atoms. The highest BCUT2D eigenvalue weighted by atomic mass is 79.9. The zero-order valence-electron chi connectivity index (χ0n) is 11.6. The molecule has 1 unspecified atom stereocenters. The van der Waals surface area contributed by atoms with Gasteiger partial charge in [0.1, 0.15) is 0 Å². The second-order valence-corrected chi connectivity index (χ2v) is 8.08. The fourth-order valence-electron chi connectivity index (χ4n) is 2.00. The highest BCUT2D eigenvalue weighted by Crippen LogP contribution is 2.19. The molecule has 0 aliphatic heterocycles. The number of sulfonamides is 1. The average molecular weight is 361 g/mol. The maximum absolute atomic E-state index is 12.0. The van der Waals surface area contributed by atoms with E-state index < -0.39 is 10.0 Å². The molecule has 1 aromatic rings. The normalized spacial score (nSPS) is 17.1. The van der Waals surface area contributed by atoms with Crippen molar-refractivity contribution in [2.45, 2.75) is 38.3 Å². The maximum atomic E-state index is 12.0. The van der Waals surface area contributed by atoms with Crippen molar-refractivity contribution in [1.29, 1.82) is 0 Å². The lowest BCUT2D eigenvalue weighted by Gasteiger charge is -2.15. The van der Waals surface area contributed by atoms with Gasteiger partial charge in [-0.15, -0.1) is 0 Å². The first kappa shape index (κ1) is 15.9. The van der Waals surface area contributed by atoms with Crippen molar-refractivity contribution in [2.24, 2.45) is 0 Å². The Morgan fingerprint density at radius 3 is 2.55 bits per heavy atom. The Bertz CT molecular complexity index is 527. The molecule has 2 rings (SSSR count). The van der Waals surface area contributed by atoms with Crippen molar-refractivity contribution in [3.8, 4) is 0 Å². The molecule has 2 N–H and O–H groups in total. The summed E-state index contributed by atoms with van der Waals surface area (Å²) in [7, 11) is -3.22. The summed E-state index contributed by atoms with van der Waals surface area (Å²) in [4.78, 5) is 0. The minimum Gasteiger partial charge on any atom is -0.314 e. The van der Waals surface area contributed by atoms with Crippen LogP contribution in [0.1, 0.15) is 37.8 Å². The third kappa shape index (κ3) is 5.52. The molecule has 4 nitrogen and oxygen atoms in total. The van der Waals surface area contributed by atoms with Gasteiger partial charge >= 0.3 is 0 Å². The molecule has 1 aliphatic rings. The molecule has 1 fully saturated rings. The van der Waals surface area contributed by atoms with Crippen LogP contribution in [0.15, 0.2) is 28.7 Å². The topological polar surface area (TPSA) is 58.2 Å². The second kappa shape index (κ2) is 7.02. The lowest BCUT2D eigenvalue weighted by atomic mass is 10.1. The van der Waals surface area contributed by atoms with E-state index in [9.17, 15) is 8.42 Å². The van der Waals surface area contributed by atoms with Gasteiger partial charge in [0.2, 0.25) is 10.0 Å². The van der Waals surface area contributed by atoms with Crippen LogP contribution in [0.2, 0.25) is 0 Å². The SMILES string of the molecule is CC(NS(=O)(=O)CCCNC1CC1)c1ccc(Br)cc1. The van der Waals surface area contributed by atoms with E-state index in [1.807, 2.05) is 31.2 Å². The smallest absolute Gasteiger partial charge is 0.212 e. The van der Waals surface area contributed by atoms with Gasteiger partial charge in [0.15, 0.2) is 0 Å². The van der Waals surface area contributed by atoms with Crippen LogP contribution in [-0.4, -0.2) is 26.8 Å². The number of hydrogen-bond donors (Lipinski definition) is 2. The summed E-state index contributed by atoms with van der Waals surface area (Å²) in [5, 5.41) is 3.32. The average Bonchev–Trinajstić information content (AvgIpc) is 3.19. The number of rotatable bonds is 8. The van der Waals surface area contributed by atoms with E-state index in [2.05, 4.69) is 26.0 Å². The first-order chi connectivity index (χ1) is 9.46. The lowest BCUT2D eigenvalue weighted by molar-refractivity contribution is 0.561. The summed E-state index contributed by atoms with van der Waals surface area (Å²) in [5.41, 5.74) is 0.966. The Morgan fingerprint density at radius 2 is 1.95 bits per heavy atom. The van der Waals surface area contributed by atoms with E-state index >= 15 is 0 Å². The van der Waals surface area contributed by atoms with Gasteiger partial charge in [-0.3, -0.25) is 0 Å². The zero-order valence-corrected chi connectivity index (χ0v) is 14.0. The predicted molar refractivity (Wildman–Crippen MR) is 85.1 cm³/mol. The molecule has 112 valence electrons. The van der Waals surface area contributed by atoms with Crippen molar-refractivity contribution >= 4 is 26.0 Å². The van der Waals surface area contributed by atoms with E-state index in [0.29, 0.717) is 12.5 Å². The molecule has 1 atom stereocenters. The Kier molecular flexibility index (Phi) is 5.60. The van der Waals surface area contributed by atoms with Crippen molar-refractivity contribution < 1.29 is 8.42 Å². The molecular weight excluding hydrogens is 340 g/mol. The summed E-state index contributed by atoms with van der Waals surface area (Å²) >= 11 is 3.37.